The van der Waals surface area contributed by atoms with Gasteiger partial charge in [-0.15, -0.1) is 0 Å². The fraction of sp³-hybridized carbons (Fsp3) is 0.200. The molecule has 21 heavy (non-hydrogen) atoms. The highest BCUT2D eigenvalue weighted by molar-refractivity contribution is 5.94. The van der Waals surface area contributed by atoms with Gasteiger partial charge >= 0.3 is 0 Å². The van der Waals surface area contributed by atoms with Gasteiger partial charge in [-0.05, 0) is 31.2 Å². The molecule has 0 fully saturated rings. The molecule has 4 nitrogen and oxygen atoms in total. The Bertz CT molecular complexity index is 647. The number of carbonyl (C=O) groups excluding carboxylic acids is 1. The summed E-state index contributed by atoms with van der Waals surface area (Å²) in [5.74, 6) is -1.73. The van der Waals surface area contributed by atoms with E-state index in [4.69, 9.17) is 4.74 Å². The van der Waals surface area contributed by atoms with Crippen molar-refractivity contribution in [2.75, 3.05) is 6.61 Å². The monoisotopic (exact) mass is 292 g/mol. The Labute approximate surface area is 120 Å². The molecule has 0 aliphatic rings. The molecular weight excluding hydrogens is 278 g/mol. The minimum absolute atomic E-state index is 0.109. The van der Waals surface area contributed by atoms with Gasteiger partial charge in [0.15, 0.2) is 0 Å². The van der Waals surface area contributed by atoms with Gasteiger partial charge in [0.05, 0.1) is 12.2 Å². The van der Waals surface area contributed by atoms with Crippen LogP contribution in [-0.4, -0.2) is 17.5 Å². The lowest BCUT2D eigenvalue weighted by Gasteiger charge is -2.10. The Morgan fingerprint density at radius 3 is 2.90 bits per heavy atom. The molecule has 1 aromatic carbocycles. The SMILES string of the molecule is CCOc1ncccc1CNC(=O)c1cc(F)ccc1F. The van der Waals surface area contributed by atoms with E-state index in [-0.39, 0.29) is 12.1 Å². The van der Waals surface area contributed by atoms with E-state index >= 15 is 0 Å². The van der Waals surface area contributed by atoms with Gasteiger partial charge in [0, 0.05) is 18.3 Å². The van der Waals surface area contributed by atoms with Crippen LogP contribution >= 0.6 is 0 Å². The van der Waals surface area contributed by atoms with Crippen LogP contribution in [0, 0.1) is 11.6 Å². The number of nitrogens with one attached hydrogen (secondary N) is 1. The molecule has 0 saturated heterocycles. The lowest BCUT2D eigenvalue weighted by molar-refractivity contribution is 0.0946. The van der Waals surface area contributed by atoms with Gasteiger partial charge < -0.3 is 10.1 Å². The molecular formula is C15H14F2N2O2. The molecule has 1 aromatic heterocycles. The number of aromatic nitrogens is 1. The number of amides is 1. The number of halogens is 2. The maximum atomic E-state index is 13.5. The van der Waals surface area contributed by atoms with Crippen molar-refractivity contribution in [2.24, 2.45) is 0 Å². The van der Waals surface area contributed by atoms with Crippen molar-refractivity contribution in [2.45, 2.75) is 13.5 Å². The third kappa shape index (κ3) is 3.75. The van der Waals surface area contributed by atoms with Gasteiger partial charge in [-0.2, -0.15) is 0 Å². The first-order valence-corrected chi connectivity index (χ1v) is 6.41. The molecule has 0 atom stereocenters. The van der Waals surface area contributed by atoms with Gasteiger partial charge in [0.1, 0.15) is 11.6 Å². The molecule has 2 aromatic rings. The molecule has 2 rings (SSSR count). The van der Waals surface area contributed by atoms with E-state index in [9.17, 15) is 13.6 Å². The smallest absolute Gasteiger partial charge is 0.254 e. The summed E-state index contributed by atoms with van der Waals surface area (Å²) >= 11 is 0. The maximum absolute atomic E-state index is 13.5. The number of hydrogen-bond donors (Lipinski definition) is 1. The van der Waals surface area contributed by atoms with E-state index in [1.54, 1.807) is 18.3 Å². The molecule has 0 bridgehead atoms. The van der Waals surface area contributed by atoms with Crippen LogP contribution in [0.5, 0.6) is 5.88 Å². The van der Waals surface area contributed by atoms with E-state index in [0.29, 0.717) is 18.1 Å². The summed E-state index contributed by atoms with van der Waals surface area (Å²) in [5.41, 5.74) is 0.321. The van der Waals surface area contributed by atoms with Crippen molar-refractivity contribution in [3.8, 4) is 5.88 Å². The first kappa shape index (κ1) is 14.9. The van der Waals surface area contributed by atoms with Crippen LogP contribution in [0.1, 0.15) is 22.8 Å². The predicted octanol–water partition coefficient (Wildman–Crippen LogP) is 2.69. The number of rotatable bonds is 5. The van der Waals surface area contributed by atoms with Crippen molar-refractivity contribution in [3.05, 3.63) is 59.3 Å². The Hall–Kier alpha value is -2.50. The van der Waals surface area contributed by atoms with Crippen molar-refractivity contribution in [3.63, 3.8) is 0 Å². The zero-order valence-corrected chi connectivity index (χ0v) is 11.4. The minimum Gasteiger partial charge on any atom is -0.478 e. The molecule has 110 valence electrons. The molecule has 0 saturated carbocycles. The van der Waals surface area contributed by atoms with Gasteiger partial charge in [-0.1, -0.05) is 6.07 Å². The topological polar surface area (TPSA) is 51.2 Å². The second-order valence-corrected chi connectivity index (χ2v) is 4.21. The summed E-state index contributed by atoms with van der Waals surface area (Å²) in [5, 5.41) is 2.52. The maximum Gasteiger partial charge on any atom is 0.254 e. The zero-order chi connectivity index (χ0) is 15.2. The molecule has 1 amide bonds. The predicted molar refractivity (Wildman–Crippen MR) is 72.9 cm³/mol. The van der Waals surface area contributed by atoms with Gasteiger partial charge in [-0.25, -0.2) is 13.8 Å². The van der Waals surface area contributed by atoms with Crippen LogP contribution in [0.2, 0.25) is 0 Å². The quantitative estimate of drug-likeness (QED) is 0.921. The molecule has 0 spiro atoms. The highest BCUT2D eigenvalue weighted by atomic mass is 19.1. The van der Waals surface area contributed by atoms with E-state index in [2.05, 4.69) is 10.3 Å². The molecule has 0 radical (unpaired) electrons. The molecule has 0 unspecified atom stereocenters. The van der Waals surface area contributed by atoms with Gasteiger partial charge in [-0.3, -0.25) is 4.79 Å². The second kappa shape index (κ2) is 6.78. The third-order valence-corrected chi connectivity index (χ3v) is 2.74. The second-order valence-electron chi connectivity index (χ2n) is 4.21. The van der Waals surface area contributed by atoms with Crippen LogP contribution in [0.25, 0.3) is 0 Å². The van der Waals surface area contributed by atoms with Crippen molar-refractivity contribution in [1.82, 2.24) is 10.3 Å². The third-order valence-electron chi connectivity index (χ3n) is 2.74. The summed E-state index contributed by atoms with van der Waals surface area (Å²) in [6.07, 6.45) is 1.57. The van der Waals surface area contributed by atoms with Crippen molar-refractivity contribution in [1.29, 1.82) is 0 Å². The number of ether oxygens (including phenoxy) is 1. The summed E-state index contributed by atoms with van der Waals surface area (Å²) in [6.45, 7) is 2.37. The highest BCUT2D eigenvalue weighted by Crippen LogP contribution is 2.15. The summed E-state index contributed by atoms with van der Waals surface area (Å²) in [6, 6.07) is 6.17. The lowest BCUT2D eigenvalue weighted by Crippen LogP contribution is -2.24. The summed E-state index contributed by atoms with van der Waals surface area (Å²) in [4.78, 5) is 15.9. The van der Waals surface area contributed by atoms with Gasteiger partial charge in [0.25, 0.3) is 5.91 Å². The summed E-state index contributed by atoms with van der Waals surface area (Å²) < 4.78 is 31.9. The standard InChI is InChI=1S/C15H14F2N2O2/c1-2-21-15-10(4-3-7-18-15)9-19-14(20)12-8-11(16)5-6-13(12)17/h3-8H,2,9H2,1H3,(H,19,20). The van der Waals surface area contributed by atoms with Crippen molar-refractivity contribution >= 4 is 5.91 Å². The molecule has 1 N–H and O–H groups in total. The van der Waals surface area contributed by atoms with Crippen LogP contribution in [-0.2, 0) is 6.54 Å². The largest absolute Gasteiger partial charge is 0.478 e. The average Bonchev–Trinajstić information content (AvgIpc) is 2.49. The average molecular weight is 292 g/mol. The minimum atomic E-state index is -0.773. The molecule has 0 aliphatic carbocycles. The summed E-state index contributed by atoms with van der Waals surface area (Å²) in [7, 11) is 0. The molecule has 1 heterocycles. The Morgan fingerprint density at radius 2 is 2.14 bits per heavy atom. The van der Waals surface area contributed by atoms with E-state index in [0.717, 1.165) is 18.2 Å². The Balaban J connectivity index is 2.09. The fourth-order valence-corrected chi connectivity index (χ4v) is 1.77. The molecule has 6 heteroatoms. The van der Waals surface area contributed by atoms with E-state index in [1.807, 2.05) is 6.92 Å². The zero-order valence-electron chi connectivity index (χ0n) is 11.4. The number of nitrogens with zero attached hydrogens (tertiary/aromatic N) is 1. The number of benzene rings is 1. The Morgan fingerprint density at radius 1 is 1.33 bits per heavy atom. The van der Waals surface area contributed by atoms with Crippen LogP contribution < -0.4 is 10.1 Å². The number of carbonyl (C=O) groups is 1. The lowest BCUT2D eigenvalue weighted by atomic mass is 10.2. The highest BCUT2D eigenvalue weighted by Gasteiger charge is 2.13. The van der Waals surface area contributed by atoms with Crippen molar-refractivity contribution < 1.29 is 18.3 Å². The number of hydrogen-bond acceptors (Lipinski definition) is 3. The van der Waals surface area contributed by atoms with Gasteiger partial charge in [0.2, 0.25) is 5.88 Å². The van der Waals surface area contributed by atoms with Crippen LogP contribution in [0.3, 0.4) is 0 Å². The molecule has 0 aliphatic heterocycles. The number of pyridine rings is 1. The van der Waals surface area contributed by atoms with Crippen LogP contribution in [0.4, 0.5) is 8.78 Å². The van der Waals surface area contributed by atoms with E-state index in [1.165, 1.54) is 0 Å². The first-order valence-electron chi connectivity index (χ1n) is 6.41. The first-order chi connectivity index (χ1) is 10.1. The van der Waals surface area contributed by atoms with E-state index < -0.39 is 17.5 Å². The Kier molecular flexibility index (Phi) is 4.81. The van der Waals surface area contributed by atoms with Crippen LogP contribution in [0.15, 0.2) is 36.5 Å². The fourth-order valence-electron chi connectivity index (χ4n) is 1.77. The normalized spacial score (nSPS) is 10.2.